The standard InChI is InChI=1S/C24H20FN5O4S/c1-3-35(32,33)29-19-11-20-18(10-17(19)15-6-9-21-28-27-13-30(21)12-15)22(24(31)26-2)23(34-20)14-4-7-16(25)8-5-14/h4-13,29H,3H2,1-2H3,(H,26,31). The van der Waals surface area contributed by atoms with Crippen molar-refractivity contribution in [1.29, 1.82) is 0 Å². The molecule has 11 heteroatoms. The van der Waals surface area contributed by atoms with Gasteiger partial charge in [-0.2, -0.15) is 0 Å². The summed E-state index contributed by atoms with van der Waals surface area (Å²) in [5.41, 5.74) is 3.16. The largest absolute Gasteiger partial charge is 0.455 e. The summed E-state index contributed by atoms with van der Waals surface area (Å²) in [7, 11) is -2.13. The zero-order chi connectivity index (χ0) is 24.7. The third-order valence-corrected chi connectivity index (χ3v) is 6.93. The number of pyridine rings is 1. The number of anilines is 1. The second-order valence-corrected chi connectivity index (χ2v) is 9.82. The van der Waals surface area contributed by atoms with Crippen molar-refractivity contribution in [3.05, 3.63) is 72.4 Å². The van der Waals surface area contributed by atoms with E-state index in [0.717, 1.165) is 0 Å². The van der Waals surface area contributed by atoms with Crippen LogP contribution in [-0.4, -0.2) is 41.7 Å². The Morgan fingerprint density at radius 1 is 1.11 bits per heavy atom. The molecule has 1 amide bonds. The van der Waals surface area contributed by atoms with Gasteiger partial charge in [0.25, 0.3) is 5.91 Å². The number of benzene rings is 2. The molecule has 5 aromatic rings. The van der Waals surface area contributed by atoms with Crippen LogP contribution >= 0.6 is 0 Å². The lowest BCUT2D eigenvalue weighted by Crippen LogP contribution is -2.18. The smallest absolute Gasteiger partial charge is 0.255 e. The van der Waals surface area contributed by atoms with Crippen LogP contribution in [0.3, 0.4) is 0 Å². The van der Waals surface area contributed by atoms with Gasteiger partial charge in [-0.05, 0) is 49.4 Å². The van der Waals surface area contributed by atoms with Crippen LogP contribution in [0, 0.1) is 5.82 Å². The molecular weight excluding hydrogens is 473 g/mol. The van der Waals surface area contributed by atoms with Crippen molar-refractivity contribution >= 4 is 38.2 Å². The highest BCUT2D eigenvalue weighted by Gasteiger charge is 2.24. The van der Waals surface area contributed by atoms with E-state index in [0.29, 0.717) is 33.3 Å². The van der Waals surface area contributed by atoms with Crippen molar-refractivity contribution in [3.63, 3.8) is 0 Å². The number of hydrogen-bond donors (Lipinski definition) is 2. The summed E-state index contributed by atoms with van der Waals surface area (Å²) in [5.74, 6) is -0.702. The van der Waals surface area contributed by atoms with E-state index in [4.69, 9.17) is 4.42 Å². The van der Waals surface area contributed by atoms with Crippen molar-refractivity contribution in [2.75, 3.05) is 17.5 Å². The first kappa shape index (κ1) is 22.5. The molecule has 178 valence electrons. The van der Waals surface area contributed by atoms with Crippen LogP contribution in [-0.2, 0) is 10.0 Å². The van der Waals surface area contributed by atoms with E-state index in [-0.39, 0.29) is 22.8 Å². The van der Waals surface area contributed by atoms with Gasteiger partial charge in [0.1, 0.15) is 23.5 Å². The molecule has 0 fully saturated rings. The number of sulfonamides is 1. The van der Waals surface area contributed by atoms with Crippen molar-refractivity contribution in [2.24, 2.45) is 0 Å². The van der Waals surface area contributed by atoms with Gasteiger partial charge in [0.05, 0.1) is 17.0 Å². The quantitative estimate of drug-likeness (QED) is 0.368. The predicted octanol–water partition coefficient (Wildman–Crippen LogP) is 4.07. The minimum absolute atomic E-state index is 0.128. The van der Waals surface area contributed by atoms with Gasteiger partial charge >= 0.3 is 0 Å². The number of amides is 1. The van der Waals surface area contributed by atoms with Crippen molar-refractivity contribution in [1.82, 2.24) is 19.9 Å². The maximum atomic E-state index is 13.5. The van der Waals surface area contributed by atoms with Crippen LogP contribution in [0.25, 0.3) is 39.1 Å². The van der Waals surface area contributed by atoms with Gasteiger partial charge in [-0.15, -0.1) is 10.2 Å². The van der Waals surface area contributed by atoms with Gasteiger partial charge in [0, 0.05) is 41.4 Å². The first-order chi connectivity index (χ1) is 16.8. The molecule has 0 bridgehead atoms. The lowest BCUT2D eigenvalue weighted by atomic mass is 9.99. The summed E-state index contributed by atoms with van der Waals surface area (Å²) in [6.45, 7) is 1.53. The fourth-order valence-corrected chi connectivity index (χ4v) is 4.50. The third kappa shape index (κ3) is 4.10. The summed E-state index contributed by atoms with van der Waals surface area (Å²) < 4.78 is 48.8. The number of halogens is 1. The number of carbonyl (C=O) groups excluding carboxylic acids is 1. The van der Waals surface area contributed by atoms with E-state index in [1.54, 1.807) is 34.9 Å². The molecule has 0 aliphatic carbocycles. The summed E-state index contributed by atoms with van der Waals surface area (Å²) >= 11 is 0. The SMILES string of the molecule is CCS(=O)(=O)Nc1cc2oc(-c3ccc(F)cc3)c(C(=O)NC)c2cc1-c1ccc2nncn2c1. The van der Waals surface area contributed by atoms with Gasteiger partial charge in [0.2, 0.25) is 10.0 Å². The molecule has 0 radical (unpaired) electrons. The van der Waals surface area contributed by atoms with E-state index in [9.17, 15) is 17.6 Å². The number of nitrogens with one attached hydrogen (secondary N) is 2. The molecule has 0 atom stereocenters. The van der Waals surface area contributed by atoms with Crippen LogP contribution in [0.2, 0.25) is 0 Å². The van der Waals surface area contributed by atoms with Crippen LogP contribution in [0.15, 0.2) is 65.5 Å². The van der Waals surface area contributed by atoms with E-state index >= 15 is 0 Å². The number of carbonyl (C=O) groups is 1. The van der Waals surface area contributed by atoms with E-state index in [2.05, 4.69) is 20.2 Å². The van der Waals surface area contributed by atoms with E-state index in [1.807, 2.05) is 0 Å². The molecule has 2 aromatic carbocycles. The van der Waals surface area contributed by atoms with Gasteiger partial charge in [0.15, 0.2) is 5.65 Å². The Kier molecular flexibility index (Phi) is 5.48. The lowest BCUT2D eigenvalue weighted by molar-refractivity contribution is 0.0964. The molecule has 3 aromatic heterocycles. The molecule has 35 heavy (non-hydrogen) atoms. The zero-order valence-corrected chi connectivity index (χ0v) is 19.6. The molecule has 0 saturated heterocycles. The molecular formula is C24H20FN5O4S. The first-order valence-electron chi connectivity index (χ1n) is 10.7. The highest BCUT2D eigenvalue weighted by Crippen LogP contribution is 2.40. The number of nitrogens with zero attached hydrogens (tertiary/aromatic N) is 3. The monoisotopic (exact) mass is 493 g/mol. The molecule has 5 rings (SSSR count). The molecule has 0 spiro atoms. The van der Waals surface area contributed by atoms with Crippen LogP contribution in [0.1, 0.15) is 17.3 Å². The number of hydrogen-bond acceptors (Lipinski definition) is 6. The summed E-state index contributed by atoms with van der Waals surface area (Å²) in [5, 5.41) is 11.0. The van der Waals surface area contributed by atoms with E-state index < -0.39 is 21.7 Å². The Morgan fingerprint density at radius 2 is 1.86 bits per heavy atom. The van der Waals surface area contributed by atoms with Crippen molar-refractivity contribution < 1.29 is 22.0 Å². The highest BCUT2D eigenvalue weighted by atomic mass is 32.2. The molecule has 0 aliphatic heterocycles. The van der Waals surface area contributed by atoms with Crippen LogP contribution < -0.4 is 10.0 Å². The molecule has 0 unspecified atom stereocenters. The molecule has 3 heterocycles. The maximum absolute atomic E-state index is 13.5. The number of fused-ring (bicyclic) bond motifs is 2. The molecule has 0 aliphatic rings. The Hall–Kier alpha value is -4.25. The lowest BCUT2D eigenvalue weighted by Gasteiger charge is -2.13. The third-order valence-electron chi connectivity index (χ3n) is 5.64. The number of aromatic nitrogens is 3. The summed E-state index contributed by atoms with van der Waals surface area (Å²) in [6, 6.07) is 12.4. The van der Waals surface area contributed by atoms with E-state index in [1.165, 1.54) is 44.6 Å². The normalized spacial score (nSPS) is 11.7. The van der Waals surface area contributed by atoms with Gasteiger partial charge in [-0.1, -0.05) is 0 Å². The molecule has 9 nitrogen and oxygen atoms in total. The first-order valence-corrected chi connectivity index (χ1v) is 12.3. The Labute approximate surface area is 199 Å². The van der Waals surface area contributed by atoms with Crippen molar-refractivity contribution in [2.45, 2.75) is 6.92 Å². The second kappa shape index (κ2) is 8.51. The average Bonchev–Trinajstić information content (AvgIpc) is 3.47. The number of furan rings is 1. The molecule has 2 N–H and O–H groups in total. The van der Waals surface area contributed by atoms with Crippen LogP contribution in [0.5, 0.6) is 0 Å². The predicted molar refractivity (Wildman–Crippen MR) is 130 cm³/mol. The maximum Gasteiger partial charge on any atom is 0.255 e. The minimum Gasteiger partial charge on any atom is -0.455 e. The number of rotatable bonds is 6. The minimum atomic E-state index is -3.63. The Bertz CT molecular complexity index is 1690. The van der Waals surface area contributed by atoms with Crippen LogP contribution in [0.4, 0.5) is 10.1 Å². The van der Waals surface area contributed by atoms with Gasteiger partial charge in [-0.3, -0.25) is 13.9 Å². The topological polar surface area (TPSA) is 119 Å². The second-order valence-electron chi connectivity index (χ2n) is 7.81. The Morgan fingerprint density at radius 3 is 2.57 bits per heavy atom. The Balaban J connectivity index is 1.81. The fourth-order valence-electron chi connectivity index (χ4n) is 3.85. The van der Waals surface area contributed by atoms with Gasteiger partial charge < -0.3 is 9.73 Å². The zero-order valence-electron chi connectivity index (χ0n) is 18.7. The molecule has 0 saturated carbocycles. The highest BCUT2D eigenvalue weighted by molar-refractivity contribution is 7.92. The van der Waals surface area contributed by atoms with Gasteiger partial charge in [-0.25, -0.2) is 12.8 Å². The average molecular weight is 494 g/mol. The summed E-state index contributed by atoms with van der Waals surface area (Å²) in [6.07, 6.45) is 3.30. The summed E-state index contributed by atoms with van der Waals surface area (Å²) in [4.78, 5) is 12.9. The fraction of sp³-hybridized carbons (Fsp3) is 0.125. The van der Waals surface area contributed by atoms with Crippen molar-refractivity contribution in [3.8, 4) is 22.5 Å².